The minimum atomic E-state index is 0.766. The van der Waals surface area contributed by atoms with E-state index in [0.717, 1.165) is 13.3 Å². The molecule has 0 unspecified atom stereocenters. The SMILES string of the molecule is Clc1csc(Br)c1Br. The van der Waals surface area contributed by atoms with E-state index in [4.69, 9.17) is 11.6 Å². The molecule has 0 spiro atoms. The molecule has 0 aromatic carbocycles. The van der Waals surface area contributed by atoms with Gasteiger partial charge in [-0.05, 0) is 31.9 Å². The molecule has 0 bridgehead atoms. The summed E-state index contributed by atoms with van der Waals surface area (Å²) in [5, 5.41) is 2.64. The van der Waals surface area contributed by atoms with E-state index < -0.39 is 0 Å². The molecule has 4 heteroatoms. The molecular formula is C4HBr2ClS. The summed E-state index contributed by atoms with van der Waals surface area (Å²) < 4.78 is 1.99. The van der Waals surface area contributed by atoms with Crippen molar-refractivity contribution in [1.29, 1.82) is 0 Å². The molecule has 44 valence electrons. The average molecular weight is 276 g/mol. The lowest BCUT2D eigenvalue weighted by atomic mass is 10.7. The van der Waals surface area contributed by atoms with Gasteiger partial charge in [0.1, 0.15) is 0 Å². The van der Waals surface area contributed by atoms with Gasteiger partial charge in [0.25, 0.3) is 0 Å². The van der Waals surface area contributed by atoms with Crippen molar-refractivity contribution in [2.24, 2.45) is 0 Å². The van der Waals surface area contributed by atoms with Crippen molar-refractivity contribution in [1.82, 2.24) is 0 Å². The number of rotatable bonds is 0. The normalized spacial score (nSPS) is 9.88. The van der Waals surface area contributed by atoms with Gasteiger partial charge in [0, 0.05) is 5.38 Å². The highest BCUT2D eigenvalue weighted by Gasteiger charge is 2.01. The number of hydrogen-bond donors (Lipinski definition) is 0. The van der Waals surface area contributed by atoms with E-state index in [1.165, 1.54) is 0 Å². The zero-order chi connectivity index (χ0) is 6.15. The van der Waals surface area contributed by atoms with Crippen LogP contribution in [-0.2, 0) is 0 Å². The Labute approximate surface area is 73.1 Å². The lowest BCUT2D eigenvalue weighted by molar-refractivity contribution is 1.83. The Morgan fingerprint density at radius 1 is 1.50 bits per heavy atom. The van der Waals surface area contributed by atoms with Gasteiger partial charge >= 0.3 is 0 Å². The Balaban J connectivity index is 3.19. The first-order valence-electron chi connectivity index (χ1n) is 1.80. The Kier molecular flexibility index (Phi) is 2.37. The van der Waals surface area contributed by atoms with Gasteiger partial charge in [0.2, 0.25) is 0 Å². The van der Waals surface area contributed by atoms with Crippen molar-refractivity contribution in [3.05, 3.63) is 18.7 Å². The van der Waals surface area contributed by atoms with Crippen molar-refractivity contribution >= 4 is 54.8 Å². The maximum atomic E-state index is 5.66. The van der Waals surface area contributed by atoms with Crippen LogP contribution in [0.4, 0.5) is 0 Å². The Morgan fingerprint density at radius 2 is 2.12 bits per heavy atom. The van der Waals surface area contributed by atoms with Gasteiger partial charge in [-0.25, -0.2) is 0 Å². The molecule has 1 aromatic heterocycles. The quantitative estimate of drug-likeness (QED) is 0.673. The standard InChI is InChI=1S/C4HBr2ClS/c5-3-2(7)1-8-4(3)6/h1H. The second-order valence-electron chi connectivity index (χ2n) is 1.17. The fourth-order valence-electron chi connectivity index (χ4n) is 0.301. The maximum absolute atomic E-state index is 5.66. The zero-order valence-electron chi connectivity index (χ0n) is 3.62. The molecule has 1 aromatic rings. The van der Waals surface area contributed by atoms with Gasteiger partial charge in [-0.1, -0.05) is 11.6 Å². The van der Waals surface area contributed by atoms with Crippen LogP contribution in [0.2, 0.25) is 5.02 Å². The van der Waals surface area contributed by atoms with Crippen LogP contribution in [0.3, 0.4) is 0 Å². The average Bonchev–Trinajstić information content (AvgIpc) is 1.98. The predicted molar refractivity (Wildman–Crippen MR) is 44.7 cm³/mol. The molecule has 0 amide bonds. The van der Waals surface area contributed by atoms with Crippen LogP contribution in [0, 0.1) is 0 Å². The number of hydrogen-bond acceptors (Lipinski definition) is 1. The van der Waals surface area contributed by atoms with E-state index in [1.54, 1.807) is 11.3 Å². The van der Waals surface area contributed by atoms with Crippen molar-refractivity contribution in [2.75, 3.05) is 0 Å². The van der Waals surface area contributed by atoms with Gasteiger partial charge in [0.05, 0.1) is 13.3 Å². The molecule has 0 saturated carbocycles. The smallest absolute Gasteiger partial charge is 0.0855 e. The van der Waals surface area contributed by atoms with Crippen LogP contribution in [0.1, 0.15) is 0 Å². The molecule has 0 nitrogen and oxygen atoms in total. The molecular weight excluding hydrogens is 275 g/mol. The van der Waals surface area contributed by atoms with Crippen LogP contribution in [0.15, 0.2) is 13.6 Å². The van der Waals surface area contributed by atoms with E-state index in [0.29, 0.717) is 0 Å². The fraction of sp³-hybridized carbons (Fsp3) is 0. The monoisotopic (exact) mass is 274 g/mol. The summed E-state index contributed by atoms with van der Waals surface area (Å²) in [6.07, 6.45) is 0. The summed E-state index contributed by atoms with van der Waals surface area (Å²) in [6, 6.07) is 0. The van der Waals surface area contributed by atoms with Crippen LogP contribution in [-0.4, -0.2) is 0 Å². The molecule has 1 heterocycles. The van der Waals surface area contributed by atoms with Gasteiger partial charge in [-0.3, -0.25) is 0 Å². The van der Waals surface area contributed by atoms with Crippen LogP contribution in [0.25, 0.3) is 0 Å². The highest BCUT2D eigenvalue weighted by molar-refractivity contribution is 9.13. The molecule has 0 fully saturated rings. The van der Waals surface area contributed by atoms with E-state index in [1.807, 2.05) is 5.38 Å². The van der Waals surface area contributed by atoms with Gasteiger partial charge in [-0.15, -0.1) is 11.3 Å². The third kappa shape index (κ3) is 1.26. The number of thiophene rings is 1. The van der Waals surface area contributed by atoms with Crippen LogP contribution < -0.4 is 0 Å². The first kappa shape index (κ1) is 7.06. The minimum Gasteiger partial charge on any atom is -0.134 e. The Morgan fingerprint density at radius 3 is 2.25 bits per heavy atom. The molecule has 1 rings (SSSR count). The van der Waals surface area contributed by atoms with Crippen LogP contribution in [0.5, 0.6) is 0 Å². The summed E-state index contributed by atoms with van der Waals surface area (Å²) in [5.74, 6) is 0. The van der Waals surface area contributed by atoms with Crippen molar-refractivity contribution in [3.8, 4) is 0 Å². The first-order chi connectivity index (χ1) is 3.72. The molecule has 0 aliphatic carbocycles. The Hall–Kier alpha value is 0.950. The van der Waals surface area contributed by atoms with Gasteiger partial charge < -0.3 is 0 Å². The van der Waals surface area contributed by atoms with E-state index in [2.05, 4.69) is 31.9 Å². The summed E-state index contributed by atoms with van der Waals surface area (Å²) in [4.78, 5) is 0. The highest BCUT2D eigenvalue weighted by Crippen LogP contribution is 2.35. The first-order valence-corrected chi connectivity index (χ1v) is 4.64. The Bertz CT molecular complexity index is 176. The van der Waals surface area contributed by atoms with Crippen LogP contribution >= 0.6 is 54.8 Å². The zero-order valence-corrected chi connectivity index (χ0v) is 8.36. The highest BCUT2D eigenvalue weighted by atomic mass is 79.9. The molecule has 0 N–H and O–H groups in total. The van der Waals surface area contributed by atoms with Crippen molar-refractivity contribution < 1.29 is 0 Å². The third-order valence-electron chi connectivity index (χ3n) is 0.648. The van der Waals surface area contributed by atoms with Crippen molar-refractivity contribution in [2.45, 2.75) is 0 Å². The molecule has 8 heavy (non-hydrogen) atoms. The third-order valence-corrected chi connectivity index (χ3v) is 4.64. The van der Waals surface area contributed by atoms with Crippen molar-refractivity contribution in [3.63, 3.8) is 0 Å². The lowest BCUT2D eigenvalue weighted by Crippen LogP contribution is -1.51. The van der Waals surface area contributed by atoms with E-state index >= 15 is 0 Å². The lowest BCUT2D eigenvalue weighted by Gasteiger charge is -1.80. The second-order valence-corrected chi connectivity index (χ2v) is 4.57. The predicted octanol–water partition coefficient (Wildman–Crippen LogP) is 3.93. The minimum absolute atomic E-state index is 0.766. The summed E-state index contributed by atoms with van der Waals surface area (Å²) in [6.45, 7) is 0. The van der Waals surface area contributed by atoms with Gasteiger partial charge in [0.15, 0.2) is 0 Å². The van der Waals surface area contributed by atoms with Gasteiger partial charge in [-0.2, -0.15) is 0 Å². The maximum Gasteiger partial charge on any atom is 0.0855 e. The second kappa shape index (κ2) is 2.69. The van der Waals surface area contributed by atoms with E-state index in [-0.39, 0.29) is 0 Å². The summed E-state index contributed by atoms with van der Waals surface area (Å²) >= 11 is 13.8. The summed E-state index contributed by atoms with van der Waals surface area (Å²) in [7, 11) is 0. The molecule has 0 aliphatic rings. The molecule has 0 aliphatic heterocycles. The molecule has 0 radical (unpaired) electrons. The molecule has 0 saturated heterocycles. The summed E-state index contributed by atoms with van der Waals surface area (Å²) in [5.41, 5.74) is 0. The topological polar surface area (TPSA) is 0 Å². The number of halogens is 3. The largest absolute Gasteiger partial charge is 0.134 e. The molecule has 0 atom stereocenters. The van der Waals surface area contributed by atoms with E-state index in [9.17, 15) is 0 Å². The fourth-order valence-corrected chi connectivity index (χ4v) is 2.28.